The summed E-state index contributed by atoms with van der Waals surface area (Å²) in [5.41, 5.74) is 9.98. The van der Waals surface area contributed by atoms with Crippen LogP contribution in [0.2, 0.25) is 0 Å². The molecule has 158 valence electrons. The number of carbonyl (C=O) groups is 2. The third kappa shape index (κ3) is 7.42. The lowest BCUT2D eigenvalue weighted by Gasteiger charge is -2.19. The number of pyridine rings is 1. The number of fused-ring (bicyclic) bond motifs is 1. The number of benzene rings is 1. The van der Waals surface area contributed by atoms with Crippen LogP contribution in [0.25, 0.3) is 10.9 Å². The molecule has 1 atom stereocenters. The molecular weight excluding hydrogens is 374 g/mol. The summed E-state index contributed by atoms with van der Waals surface area (Å²) >= 11 is 0. The van der Waals surface area contributed by atoms with Crippen molar-refractivity contribution in [2.75, 3.05) is 19.0 Å². The van der Waals surface area contributed by atoms with Crippen molar-refractivity contribution in [2.45, 2.75) is 39.7 Å². The van der Waals surface area contributed by atoms with E-state index in [0.29, 0.717) is 18.2 Å². The van der Waals surface area contributed by atoms with Crippen LogP contribution in [-0.4, -0.2) is 46.8 Å². The van der Waals surface area contributed by atoms with Gasteiger partial charge in [-0.1, -0.05) is 0 Å². The van der Waals surface area contributed by atoms with Gasteiger partial charge in [-0.3, -0.25) is 4.98 Å². The molecule has 1 heterocycles. The first-order valence-electron chi connectivity index (χ1n) is 9.24. The van der Waals surface area contributed by atoms with Crippen molar-refractivity contribution in [2.24, 2.45) is 5.73 Å². The molecule has 0 saturated heterocycles. The van der Waals surface area contributed by atoms with E-state index in [1.54, 1.807) is 7.11 Å². The number of aliphatic carboxylic acids is 2. The van der Waals surface area contributed by atoms with Crippen LogP contribution < -0.4 is 15.8 Å². The van der Waals surface area contributed by atoms with Gasteiger partial charge in [0.05, 0.1) is 18.3 Å². The first kappa shape index (κ1) is 23.9. The van der Waals surface area contributed by atoms with Crippen molar-refractivity contribution in [3.8, 4) is 5.75 Å². The maximum absolute atomic E-state index is 9.55. The largest absolute Gasteiger partial charge is 0.496 e. The zero-order chi connectivity index (χ0) is 22.0. The van der Waals surface area contributed by atoms with Crippen LogP contribution in [0, 0.1) is 13.8 Å². The smallest absolute Gasteiger partial charge is 0.328 e. The van der Waals surface area contributed by atoms with Crippen molar-refractivity contribution in [1.29, 1.82) is 0 Å². The van der Waals surface area contributed by atoms with Crippen LogP contribution in [-0.2, 0) is 9.59 Å². The molecule has 0 radical (unpaired) electrons. The van der Waals surface area contributed by atoms with E-state index in [2.05, 4.69) is 31.1 Å². The van der Waals surface area contributed by atoms with Crippen molar-refractivity contribution >= 4 is 28.5 Å². The van der Waals surface area contributed by atoms with E-state index in [9.17, 15) is 9.59 Å². The number of methoxy groups -OCH3 is 1. The standard InChI is InChI=1S/C17H25N3O.C4H4O4/c1-11-7-9-19-17-14(20-12(2)6-5-8-18)10-15(21-4)13(3)16(11)17;5-3(6)1-2-4(7)8/h7,9-10,12,20H,5-6,8,18H2,1-4H3;1-2H,(H,5,6)(H,7,8)/b;2-1-. The average Bonchev–Trinajstić information content (AvgIpc) is 2.67. The summed E-state index contributed by atoms with van der Waals surface area (Å²) in [5, 5.41) is 20.3. The molecule has 0 aliphatic rings. The lowest BCUT2D eigenvalue weighted by atomic mass is 10.0. The van der Waals surface area contributed by atoms with E-state index in [4.69, 9.17) is 20.7 Å². The van der Waals surface area contributed by atoms with Gasteiger partial charge in [0.15, 0.2) is 0 Å². The van der Waals surface area contributed by atoms with Crippen LogP contribution in [0.5, 0.6) is 5.75 Å². The minimum atomic E-state index is -1.26. The predicted octanol–water partition coefficient (Wildman–Crippen LogP) is 3.11. The molecule has 8 heteroatoms. The highest BCUT2D eigenvalue weighted by Crippen LogP contribution is 2.34. The summed E-state index contributed by atoms with van der Waals surface area (Å²) < 4.78 is 5.52. The Balaban J connectivity index is 0.000000447. The number of carboxylic acid groups (broad SMARTS) is 2. The lowest BCUT2D eigenvalue weighted by molar-refractivity contribution is -0.134. The second kappa shape index (κ2) is 11.7. The maximum atomic E-state index is 9.55. The molecule has 0 aliphatic heterocycles. The van der Waals surface area contributed by atoms with E-state index in [-0.39, 0.29) is 0 Å². The second-order valence-corrected chi connectivity index (χ2v) is 6.59. The zero-order valence-corrected chi connectivity index (χ0v) is 17.2. The van der Waals surface area contributed by atoms with E-state index >= 15 is 0 Å². The minimum Gasteiger partial charge on any atom is -0.496 e. The Labute approximate surface area is 170 Å². The summed E-state index contributed by atoms with van der Waals surface area (Å²) in [6.45, 7) is 7.08. The monoisotopic (exact) mass is 403 g/mol. The summed E-state index contributed by atoms with van der Waals surface area (Å²) in [6, 6.07) is 4.44. The van der Waals surface area contributed by atoms with Gasteiger partial charge in [0, 0.05) is 41.4 Å². The number of ether oxygens (including phenoxy) is 1. The molecule has 1 aromatic heterocycles. The molecule has 5 N–H and O–H groups in total. The number of aryl methyl sites for hydroxylation is 2. The van der Waals surface area contributed by atoms with Crippen LogP contribution in [0.15, 0.2) is 30.5 Å². The molecule has 0 spiro atoms. The third-order valence-electron chi connectivity index (χ3n) is 4.27. The normalized spacial score (nSPS) is 11.6. The van der Waals surface area contributed by atoms with Crippen LogP contribution in [0.1, 0.15) is 30.9 Å². The Bertz CT molecular complexity index is 864. The van der Waals surface area contributed by atoms with Crippen molar-refractivity contribution in [3.63, 3.8) is 0 Å². The zero-order valence-electron chi connectivity index (χ0n) is 17.2. The van der Waals surface area contributed by atoms with E-state index < -0.39 is 11.9 Å². The van der Waals surface area contributed by atoms with Crippen molar-refractivity contribution in [1.82, 2.24) is 4.98 Å². The number of nitrogens with one attached hydrogen (secondary N) is 1. The van der Waals surface area contributed by atoms with E-state index in [1.165, 1.54) is 10.9 Å². The number of hydrogen-bond acceptors (Lipinski definition) is 6. The Morgan fingerprint density at radius 3 is 2.41 bits per heavy atom. The molecule has 2 aromatic rings. The van der Waals surface area contributed by atoms with Gasteiger partial charge < -0.3 is 26.0 Å². The molecule has 8 nitrogen and oxygen atoms in total. The Morgan fingerprint density at radius 2 is 1.90 bits per heavy atom. The molecule has 2 rings (SSSR count). The van der Waals surface area contributed by atoms with Crippen LogP contribution in [0.3, 0.4) is 0 Å². The quantitative estimate of drug-likeness (QED) is 0.494. The number of anilines is 1. The van der Waals surface area contributed by atoms with Gasteiger partial charge in [-0.05, 0) is 51.8 Å². The molecule has 29 heavy (non-hydrogen) atoms. The number of nitrogens with zero attached hydrogens (tertiary/aromatic N) is 1. The van der Waals surface area contributed by atoms with E-state index in [1.807, 2.05) is 18.3 Å². The number of nitrogens with two attached hydrogens (primary N) is 1. The van der Waals surface area contributed by atoms with Gasteiger partial charge in [-0.2, -0.15) is 0 Å². The fourth-order valence-corrected chi connectivity index (χ4v) is 2.89. The number of aromatic nitrogens is 1. The number of hydrogen-bond donors (Lipinski definition) is 4. The fourth-order valence-electron chi connectivity index (χ4n) is 2.89. The molecule has 0 bridgehead atoms. The van der Waals surface area contributed by atoms with Crippen LogP contribution >= 0.6 is 0 Å². The molecule has 1 aromatic carbocycles. The third-order valence-corrected chi connectivity index (χ3v) is 4.27. The first-order valence-corrected chi connectivity index (χ1v) is 9.24. The highest BCUT2D eigenvalue weighted by atomic mass is 16.5. The van der Waals surface area contributed by atoms with Crippen LogP contribution in [0.4, 0.5) is 5.69 Å². The summed E-state index contributed by atoms with van der Waals surface area (Å²) in [6.07, 6.45) is 5.03. The average molecular weight is 403 g/mol. The number of rotatable bonds is 8. The highest BCUT2D eigenvalue weighted by molar-refractivity contribution is 5.96. The second-order valence-electron chi connectivity index (χ2n) is 6.59. The first-order chi connectivity index (χ1) is 13.7. The predicted molar refractivity (Wildman–Crippen MR) is 114 cm³/mol. The molecular formula is C21H29N3O5. The molecule has 0 amide bonds. The van der Waals surface area contributed by atoms with Gasteiger partial charge in [-0.15, -0.1) is 0 Å². The maximum Gasteiger partial charge on any atom is 0.328 e. The SMILES string of the molecule is COc1cc(NC(C)CCCN)c2nccc(C)c2c1C.O=C(O)/C=C\C(=O)O. The molecule has 0 saturated carbocycles. The van der Waals surface area contributed by atoms with Crippen molar-refractivity contribution < 1.29 is 24.5 Å². The Hall–Kier alpha value is -3.13. The van der Waals surface area contributed by atoms with E-state index in [0.717, 1.165) is 41.9 Å². The van der Waals surface area contributed by atoms with Gasteiger partial charge in [0.1, 0.15) is 5.75 Å². The summed E-state index contributed by atoms with van der Waals surface area (Å²) in [5.74, 6) is -1.62. The minimum absolute atomic E-state index is 0.353. The summed E-state index contributed by atoms with van der Waals surface area (Å²) in [7, 11) is 1.71. The lowest BCUT2D eigenvalue weighted by Crippen LogP contribution is -2.17. The highest BCUT2D eigenvalue weighted by Gasteiger charge is 2.14. The molecule has 0 aliphatic carbocycles. The van der Waals surface area contributed by atoms with Gasteiger partial charge in [-0.25, -0.2) is 9.59 Å². The Morgan fingerprint density at radius 1 is 1.28 bits per heavy atom. The molecule has 0 fully saturated rings. The Kier molecular flexibility index (Phi) is 9.61. The van der Waals surface area contributed by atoms with Gasteiger partial charge in [0.25, 0.3) is 0 Å². The van der Waals surface area contributed by atoms with Gasteiger partial charge >= 0.3 is 11.9 Å². The number of carboxylic acids is 2. The fraction of sp³-hybridized carbons (Fsp3) is 0.381. The van der Waals surface area contributed by atoms with Crippen molar-refractivity contribution in [3.05, 3.63) is 41.6 Å². The molecule has 1 unspecified atom stereocenters. The topological polar surface area (TPSA) is 135 Å². The van der Waals surface area contributed by atoms with Gasteiger partial charge in [0.2, 0.25) is 0 Å². The summed E-state index contributed by atoms with van der Waals surface area (Å²) in [4.78, 5) is 23.7.